The Bertz CT molecular complexity index is 692. The third-order valence-corrected chi connectivity index (χ3v) is 4.05. The van der Waals surface area contributed by atoms with Crippen molar-refractivity contribution in [1.29, 1.82) is 0 Å². The van der Waals surface area contributed by atoms with Crippen LogP contribution in [0.1, 0.15) is 54.4 Å². The quantitative estimate of drug-likeness (QED) is 0.822. The number of pyridine rings is 1. The molecule has 0 aromatic carbocycles. The number of hydrogen-bond donors (Lipinski definition) is 1. The Balaban J connectivity index is 2.25. The highest BCUT2D eigenvalue weighted by molar-refractivity contribution is 5.88. The zero-order chi connectivity index (χ0) is 21.1. The van der Waals surface area contributed by atoms with Crippen molar-refractivity contribution in [1.82, 2.24) is 9.88 Å². The predicted molar refractivity (Wildman–Crippen MR) is 108 cm³/mol. The van der Waals surface area contributed by atoms with Gasteiger partial charge in [0.15, 0.2) is 0 Å². The summed E-state index contributed by atoms with van der Waals surface area (Å²) >= 11 is 0. The molecule has 0 spiro atoms. The summed E-state index contributed by atoms with van der Waals surface area (Å²) in [4.78, 5) is 32.8. The van der Waals surface area contributed by atoms with Crippen LogP contribution in [0.25, 0.3) is 0 Å². The molecule has 0 saturated carbocycles. The van der Waals surface area contributed by atoms with Gasteiger partial charge in [-0.1, -0.05) is 0 Å². The van der Waals surface area contributed by atoms with Crippen molar-refractivity contribution in [3.63, 3.8) is 0 Å². The third-order valence-electron chi connectivity index (χ3n) is 4.05. The van der Waals surface area contributed by atoms with Gasteiger partial charge in [-0.3, -0.25) is 4.90 Å². The Hall–Kier alpha value is -2.51. The van der Waals surface area contributed by atoms with Crippen molar-refractivity contribution < 1.29 is 19.1 Å². The van der Waals surface area contributed by atoms with Crippen molar-refractivity contribution in [2.24, 2.45) is 0 Å². The molecule has 28 heavy (non-hydrogen) atoms. The smallest absolute Gasteiger partial charge is 0.415 e. The molecule has 2 amide bonds. The van der Waals surface area contributed by atoms with E-state index >= 15 is 0 Å². The van der Waals surface area contributed by atoms with E-state index in [0.29, 0.717) is 24.6 Å². The number of nitrogen functional groups attached to an aromatic ring is 1. The summed E-state index contributed by atoms with van der Waals surface area (Å²) in [5, 5.41) is 0. The van der Waals surface area contributed by atoms with E-state index in [-0.39, 0.29) is 12.1 Å². The average Bonchev–Trinajstić information content (AvgIpc) is 2.54. The van der Waals surface area contributed by atoms with Crippen LogP contribution < -0.4 is 10.6 Å². The molecule has 1 aromatic rings. The molecule has 1 aromatic heterocycles. The number of nitrogens with two attached hydrogens (primary N) is 1. The van der Waals surface area contributed by atoms with Crippen LogP contribution in [0.15, 0.2) is 18.3 Å². The minimum Gasteiger partial charge on any atom is -0.444 e. The number of amides is 2. The maximum atomic E-state index is 13.0. The Morgan fingerprint density at radius 3 is 2.32 bits per heavy atom. The number of likely N-dealkylation sites (tertiary alicyclic amines) is 1. The summed E-state index contributed by atoms with van der Waals surface area (Å²) in [6, 6.07) is 3.13. The number of aromatic nitrogens is 1. The SMILES string of the molecule is CC(C)(C)OC(=O)N1CCCC(N(C(=O)OC(C)(C)C)c2ccc(N)nc2)C1. The first kappa shape index (κ1) is 21.8. The van der Waals surface area contributed by atoms with Gasteiger partial charge < -0.3 is 20.1 Å². The number of ether oxygens (including phenoxy) is 2. The van der Waals surface area contributed by atoms with Crippen molar-refractivity contribution >= 4 is 23.7 Å². The molecule has 1 saturated heterocycles. The fourth-order valence-electron chi connectivity index (χ4n) is 2.97. The van der Waals surface area contributed by atoms with Crippen LogP contribution in [0, 0.1) is 0 Å². The van der Waals surface area contributed by atoms with E-state index in [1.54, 1.807) is 28.1 Å². The van der Waals surface area contributed by atoms with Crippen LogP contribution in [0.2, 0.25) is 0 Å². The first-order valence-corrected chi connectivity index (χ1v) is 9.57. The lowest BCUT2D eigenvalue weighted by Crippen LogP contribution is -2.53. The van der Waals surface area contributed by atoms with Crippen LogP contribution in [0.3, 0.4) is 0 Å². The highest BCUT2D eigenvalue weighted by Gasteiger charge is 2.35. The molecular weight excluding hydrogens is 360 g/mol. The van der Waals surface area contributed by atoms with Crippen LogP contribution >= 0.6 is 0 Å². The number of rotatable bonds is 2. The Morgan fingerprint density at radius 2 is 1.79 bits per heavy atom. The van der Waals surface area contributed by atoms with Gasteiger partial charge in [0.05, 0.1) is 17.9 Å². The van der Waals surface area contributed by atoms with E-state index < -0.39 is 17.3 Å². The minimum absolute atomic E-state index is 0.249. The summed E-state index contributed by atoms with van der Waals surface area (Å²) < 4.78 is 11.1. The summed E-state index contributed by atoms with van der Waals surface area (Å²) in [7, 11) is 0. The van der Waals surface area contributed by atoms with Gasteiger partial charge in [0.25, 0.3) is 0 Å². The van der Waals surface area contributed by atoms with E-state index in [4.69, 9.17) is 15.2 Å². The fourth-order valence-corrected chi connectivity index (χ4v) is 2.97. The molecule has 8 nitrogen and oxygen atoms in total. The molecule has 2 rings (SSSR count). The molecule has 0 bridgehead atoms. The zero-order valence-electron chi connectivity index (χ0n) is 17.7. The van der Waals surface area contributed by atoms with Crippen molar-refractivity contribution in [2.45, 2.75) is 71.6 Å². The molecule has 156 valence electrons. The molecule has 1 unspecified atom stereocenters. The second kappa shape index (κ2) is 8.24. The lowest BCUT2D eigenvalue weighted by atomic mass is 10.0. The highest BCUT2D eigenvalue weighted by Crippen LogP contribution is 2.26. The molecule has 0 radical (unpaired) electrons. The zero-order valence-corrected chi connectivity index (χ0v) is 17.7. The van der Waals surface area contributed by atoms with Crippen LogP contribution in [-0.2, 0) is 9.47 Å². The minimum atomic E-state index is -0.643. The number of hydrogen-bond acceptors (Lipinski definition) is 6. The number of anilines is 2. The Labute approximate surface area is 167 Å². The first-order valence-electron chi connectivity index (χ1n) is 9.57. The Kier molecular flexibility index (Phi) is 6.41. The normalized spacial score (nSPS) is 17.8. The largest absolute Gasteiger partial charge is 0.444 e. The number of piperidine rings is 1. The molecule has 1 fully saturated rings. The molecule has 2 heterocycles. The summed E-state index contributed by atoms with van der Waals surface area (Å²) in [6.07, 6.45) is 2.19. The van der Waals surface area contributed by atoms with E-state index in [1.807, 2.05) is 41.5 Å². The van der Waals surface area contributed by atoms with Crippen LogP contribution in [0.4, 0.5) is 21.1 Å². The van der Waals surface area contributed by atoms with Gasteiger partial charge in [-0.25, -0.2) is 14.6 Å². The average molecular weight is 393 g/mol. The van der Waals surface area contributed by atoms with Gasteiger partial charge in [0.2, 0.25) is 0 Å². The van der Waals surface area contributed by atoms with Gasteiger partial charge in [-0.15, -0.1) is 0 Å². The van der Waals surface area contributed by atoms with Crippen LogP contribution in [0.5, 0.6) is 0 Å². The first-order chi connectivity index (χ1) is 12.9. The highest BCUT2D eigenvalue weighted by atomic mass is 16.6. The standard InChI is InChI=1S/C20H32N4O4/c1-19(2,3)27-17(25)23-11-7-8-15(13-23)24(18(26)28-20(4,5)6)14-9-10-16(21)22-12-14/h9-10,12,15H,7-8,11,13H2,1-6H3,(H2,21,22). The molecule has 1 aliphatic heterocycles. The van der Waals surface area contributed by atoms with Gasteiger partial charge >= 0.3 is 12.2 Å². The molecule has 1 aliphatic rings. The van der Waals surface area contributed by atoms with Crippen molar-refractivity contribution in [3.05, 3.63) is 18.3 Å². The number of nitrogens with zero attached hydrogens (tertiary/aromatic N) is 3. The van der Waals surface area contributed by atoms with Gasteiger partial charge in [-0.2, -0.15) is 0 Å². The number of carbonyl (C=O) groups is 2. The lowest BCUT2D eigenvalue weighted by molar-refractivity contribution is 0.0182. The Morgan fingerprint density at radius 1 is 1.14 bits per heavy atom. The summed E-state index contributed by atoms with van der Waals surface area (Å²) in [5.41, 5.74) is 5.05. The van der Waals surface area contributed by atoms with Gasteiger partial charge in [0, 0.05) is 13.1 Å². The molecule has 1 atom stereocenters. The second-order valence-electron chi connectivity index (χ2n) is 9.01. The molecule has 8 heteroatoms. The van der Waals surface area contributed by atoms with Gasteiger partial charge in [-0.05, 0) is 66.5 Å². The predicted octanol–water partition coefficient (Wildman–Crippen LogP) is 3.80. The van der Waals surface area contributed by atoms with Gasteiger partial charge in [0.1, 0.15) is 17.0 Å². The molecule has 0 aliphatic carbocycles. The maximum absolute atomic E-state index is 13.0. The maximum Gasteiger partial charge on any atom is 0.415 e. The third kappa shape index (κ3) is 6.28. The number of carbonyl (C=O) groups excluding carboxylic acids is 2. The van der Waals surface area contributed by atoms with E-state index in [9.17, 15) is 9.59 Å². The summed E-state index contributed by atoms with van der Waals surface area (Å²) in [6.45, 7) is 11.9. The van der Waals surface area contributed by atoms with E-state index in [2.05, 4.69) is 4.98 Å². The molecule has 2 N–H and O–H groups in total. The van der Waals surface area contributed by atoms with E-state index in [0.717, 1.165) is 12.8 Å². The van der Waals surface area contributed by atoms with Crippen molar-refractivity contribution in [3.8, 4) is 0 Å². The van der Waals surface area contributed by atoms with E-state index in [1.165, 1.54) is 0 Å². The summed E-state index contributed by atoms with van der Waals surface area (Å²) in [5.74, 6) is 0.368. The fraction of sp³-hybridized carbons (Fsp3) is 0.650. The monoisotopic (exact) mass is 392 g/mol. The van der Waals surface area contributed by atoms with Crippen molar-refractivity contribution in [2.75, 3.05) is 23.7 Å². The lowest BCUT2D eigenvalue weighted by Gasteiger charge is -2.39. The van der Waals surface area contributed by atoms with Crippen LogP contribution in [-0.4, -0.2) is 52.4 Å². The second-order valence-corrected chi connectivity index (χ2v) is 9.01. The molecular formula is C20H32N4O4. The topological polar surface area (TPSA) is 98.0 Å².